The summed E-state index contributed by atoms with van der Waals surface area (Å²) in [6, 6.07) is 5.84. The summed E-state index contributed by atoms with van der Waals surface area (Å²) in [5, 5.41) is 0. The lowest BCUT2D eigenvalue weighted by Gasteiger charge is -2.44. The van der Waals surface area contributed by atoms with Crippen molar-refractivity contribution in [1.29, 1.82) is 0 Å². The number of ether oxygens (including phenoxy) is 2. The van der Waals surface area contributed by atoms with E-state index in [4.69, 9.17) is 9.47 Å². The number of aromatic nitrogens is 1. The molecular weight excluding hydrogens is 342 g/mol. The van der Waals surface area contributed by atoms with Crippen LogP contribution in [0.4, 0.5) is 0 Å². The summed E-state index contributed by atoms with van der Waals surface area (Å²) in [7, 11) is 3.93. The monoisotopic (exact) mass is 373 g/mol. The van der Waals surface area contributed by atoms with Crippen molar-refractivity contribution in [2.75, 3.05) is 33.8 Å². The Morgan fingerprint density at radius 2 is 2.00 bits per heavy atom. The molecule has 3 aliphatic rings. The first-order chi connectivity index (χ1) is 13.1. The van der Waals surface area contributed by atoms with Crippen molar-refractivity contribution in [2.45, 2.75) is 56.3 Å². The lowest BCUT2D eigenvalue weighted by atomic mass is 9.78. The van der Waals surface area contributed by atoms with E-state index < -0.39 is 0 Å². The van der Waals surface area contributed by atoms with Gasteiger partial charge in [0.05, 0.1) is 11.6 Å². The lowest BCUT2D eigenvalue weighted by molar-refractivity contribution is -0.144. The van der Waals surface area contributed by atoms with E-state index in [1.165, 1.54) is 0 Å². The molecule has 1 aromatic heterocycles. The molecule has 3 heterocycles. The summed E-state index contributed by atoms with van der Waals surface area (Å²) in [6.07, 6.45) is 7.40. The number of hydrogen-bond acceptors (Lipinski definition) is 5. The molecule has 1 saturated carbocycles. The van der Waals surface area contributed by atoms with Crippen molar-refractivity contribution >= 4 is 5.91 Å². The zero-order valence-corrected chi connectivity index (χ0v) is 16.5. The minimum atomic E-state index is -0.203. The minimum Gasteiger partial charge on any atom is -0.474 e. The van der Waals surface area contributed by atoms with Gasteiger partial charge in [-0.15, -0.1) is 0 Å². The van der Waals surface area contributed by atoms with Crippen molar-refractivity contribution in [1.82, 2.24) is 14.8 Å². The van der Waals surface area contributed by atoms with Crippen LogP contribution in [0.15, 0.2) is 24.4 Å². The molecular formula is C21H31N3O3. The molecule has 0 N–H and O–H groups in total. The highest BCUT2D eigenvalue weighted by atomic mass is 16.5. The highest BCUT2D eigenvalue weighted by Gasteiger charge is 2.53. The molecule has 3 atom stereocenters. The molecule has 0 radical (unpaired) electrons. The molecule has 4 rings (SSSR count). The zero-order chi connectivity index (χ0) is 18.9. The number of fused-ring (bicyclic) bond motifs is 1. The number of methoxy groups -OCH3 is 1. The first-order valence-electron chi connectivity index (χ1n) is 10.2. The highest BCUT2D eigenvalue weighted by Crippen LogP contribution is 2.44. The molecule has 1 aliphatic carbocycles. The quantitative estimate of drug-likeness (QED) is 0.811. The molecule has 2 saturated heterocycles. The number of carbonyl (C=O) groups is 1. The number of amides is 1. The van der Waals surface area contributed by atoms with Gasteiger partial charge in [-0.25, -0.2) is 4.98 Å². The third kappa shape index (κ3) is 3.69. The zero-order valence-electron chi connectivity index (χ0n) is 16.5. The fourth-order valence-corrected chi connectivity index (χ4v) is 5.11. The van der Waals surface area contributed by atoms with Crippen LogP contribution >= 0.6 is 0 Å². The predicted octanol–water partition coefficient (Wildman–Crippen LogP) is 2.34. The molecule has 6 nitrogen and oxygen atoms in total. The van der Waals surface area contributed by atoms with Gasteiger partial charge in [0.1, 0.15) is 6.10 Å². The van der Waals surface area contributed by atoms with Gasteiger partial charge in [0.15, 0.2) is 0 Å². The van der Waals surface area contributed by atoms with Gasteiger partial charge >= 0.3 is 0 Å². The molecule has 6 heteroatoms. The largest absolute Gasteiger partial charge is 0.474 e. The highest BCUT2D eigenvalue weighted by molar-refractivity contribution is 5.80. The van der Waals surface area contributed by atoms with Crippen molar-refractivity contribution in [3.63, 3.8) is 0 Å². The van der Waals surface area contributed by atoms with E-state index in [0.717, 1.165) is 58.2 Å². The summed E-state index contributed by atoms with van der Waals surface area (Å²) in [6.45, 7) is 2.82. The number of carbonyl (C=O) groups excluding carboxylic acids is 1. The van der Waals surface area contributed by atoms with Gasteiger partial charge in [-0.05, 0) is 58.3 Å². The van der Waals surface area contributed by atoms with Gasteiger partial charge in [0, 0.05) is 38.3 Å². The Bertz CT molecular complexity index is 647. The van der Waals surface area contributed by atoms with E-state index in [-0.39, 0.29) is 23.7 Å². The number of pyridine rings is 1. The van der Waals surface area contributed by atoms with E-state index in [1.807, 2.05) is 18.2 Å². The number of rotatable bonds is 4. The maximum absolute atomic E-state index is 13.3. The Labute approximate surface area is 161 Å². The topological polar surface area (TPSA) is 54.9 Å². The lowest BCUT2D eigenvalue weighted by Crippen LogP contribution is -2.55. The molecule has 0 spiro atoms. The summed E-state index contributed by atoms with van der Waals surface area (Å²) in [5.74, 6) is 1.15. The van der Waals surface area contributed by atoms with E-state index in [0.29, 0.717) is 11.8 Å². The van der Waals surface area contributed by atoms with Gasteiger partial charge in [0.25, 0.3) is 0 Å². The van der Waals surface area contributed by atoms with Crippen LogP contribution in [-0.4, -0.2) is 72.2 Å². The molecule has 148 valence electrons. The van der Waals surface area contributed by atoms with Gasteiger partial charge in [0.2, 0.25) is 11.8 Å². The van der Waals surface area contributed by atoms with E-state index >= 15 is 0 Å². The Kier molecular flexibility index (Phi) is 5.37. The van der Waals surface area contributed by atoms with Crippen LogP contribution in [-0.2, 0) is 9.53 Å². The third-order valence-electron chi connectivity index (χ3n) is 6.82. The van der Waals surface area contributed by atoms with Crippen molar-refractivity contribution in [2.24, 2.45) is 5.92 Å². The van der Waals surface area contributed by atoms with Gasteiger partial charge < -0.3 is 19.3 Å². The Hall–Kier alpha value is -1.66. The Balaban J connectivity index is 1.46. The molecule has 1 amide bonds. The van der Waals surface area contributed by atoms with E-state index in [1.54, 1.807) is 13.3 Å². The number of hydrogen-bond donors (Lipinski definition) is 0. The number of piperidine rings is 1. The van der Waals surface area contributed by atoms with Crippen molar-refractivity contribution in [3.8, 4) is 5.88 Å². The molecule has 0 aromatic carbocycles. The van der Waals surface area contributed by atoms with Crippen LogP contribution in [0.3, 0.4) is 0 Å². The van der Waals surface area contributed by atoms with Crippen molar-refractivity contribution in [3.05, 3.63) is 24.4 Å². The molecule has 3 fully saturated rings. The first-order valence-corrected chi connectivity index (χ1v) is 10.2. The summed E-state index contributed by atoms with van der Waals surface area (Å²) >= 11 is 0. The van der Waals surface area contributed by atoms with Gasteiger partial charge in [-0.1, -0.05) is 6.07 Å². The average Bonchev–Trinajstić information content (AvgIpc) is 3.08. The van der Waals surface area contributed by atoms with Crippen LogP contribution in [0, 0.1) is 5.92 Å². The normalized spacial score (nSPS) is 32.3. The van der Waals surface area contributed by atoms with Gasteiger partial charge in [-0.2, -0.15) is 0 Å². The maximum Gasteiger partial charge on any atom is 0.226 e. The molecule has 2 aliphatic heterocycles. The smallest absolute Gasteiger partial charge is 0.226 e. The number of likely N-dealkylation sites (tertiary alicyclic amines) is 2. The number of nitrogens with zero attached hydrogens (tertiary/aromatic N) is 3. The third-order valence-corrected chi connectivity index (χ3v) is 6.82. The molecule has 0 unspecified atom stereocenters. The fraction of sp³-hybridized carbons (Fsp3) is 0.714. The van der Waals surface area contributed by atoms with E-state index in [9.17, 15) is 4.79 Å². The molecule has 27 heavy (non-hydrogen) atoms. The second-order valence-electron chi connectivity index (χ2n) is 8.33. The first kappa shape index (κ1) is 18.7. The maximum atomic E-state index is 13.3. The summed E-state index contributed by atoms with van der Waals surface area (Å²) in [5.41, 5.74) is -0.203. The molecule has 0 bridgehead atoms. The summed E-state index contributed by atoms with van der Waals surface area (Å²) in [4.78, 5) is 22.0. The second kappa shape index (κ2) is 7.76. The molecule has 1 aromatic rings. The second-order valence-corrected chi connectivity index (χ2v) is 8.33. The predicted molar refractivity (Wildman–Crippen MR) is 103 cm³/mol. The van der Waals surface area contributed by atoms with Crippen LogP contribution < -0.4 is 4.74 Å². The van der Waals surface area contributed by atoms with Crippen LogP contribution in [0.25, 0.3) is 0 Å². The van der Waals surface area contributed by atoms with Crippen LogP contribution in [0.2, 0.25) is 0 Å². The van der Waals surface area contributed by atoms with Gasteiger partial charge in [-0.3, -0.25) is 4.79 Å². The van der Waals surface area contributed by atoms with Crippen molar-refractivity contribution < 1.29 is 14.3 Å². The standard InChI is InChI=1S/C21H31N3O3/c1-23-12-7-16(8-13-23)20(25)24-14-10-21(26-2)9-6-17(15-18(21)24)27-19-5-3-4-11-22-19/h3-5,11,16-18H,6-10,12-15H2,1-2H3/t17-,18-,21+/m0/s1. The SMILES string of the molecule is CO[C@@]12CC[C@H](Oc3ccccn3)C[C@@H]1N(C(=O)C1CCN(C)CC1)CC2. The van der Waals surface area contributed by atoms with Crippen LogP contribution in [0.5, 0.6) is 5.88 Å². The van der Waals surface area contributed by atoms with Crippen LogP contribution in [0.1, 0.15) is 38.5 Å². The van der Waals surface area contributed by atoms with E-state index in [2.05, 4.69) is 21.8 Å². The minimum absolute atomic E-state index is 0.0825. The summed E-state index contributed by atoms with van der Waals surface area (Å²) < 4.78 is 12.1. The Morgan fingerprint density at radius 1 is 1.19 bits per heavy atom. The fourth-order valence-electron chi connectivity index (χ4n) is 5.11. The average molecular weight is 373 g/mol. The Morgan fingerprint density at radius 3 is 2.70 bits per heavy atom.